The van der Waals surface area contributed by atoms with Crippen LogP contribution in [0, 0.1) is 20.8 Å². The van der Waals surface area contributed by atoms with Gasteiger partial charge in [0, 0.05) is 11.4 Å². The Morgan fingerprint density at radius 3 is 2.50 bits per heavy atom. The van der Waals surface area contributed by atoms with E-state index in [1.54, 1.807) is 0 Å². The van der Waals surface area contributed by atoms with Crippen molar-refractivity contribution in [1.82, 2.24) is 5.32 Å². The van der Waals surface area contributed by atoms with E-state index in [2.05, 4.69) is 37.4 Å². The van der Waals surface area contributed by atoms with Gasteiger partial charge in [0.25, 0.3) is 5.91 Å². The minimum Gasteiger partial charge on any atom is -0.347 e. The van der Waals surface area contributed by atoms with Gasteiger partial charge in [0.15, 0.2) is 0 Å². The number of carbonyl (C=O) groups is 1. The summed E-state index contributed by atoms with van der Waals surface area (Å²) in [4.78, 5) is 13.8. The van der Waals surface area contributed by atoms with E-state index in [-0.39, 0.29) is 5.91 Å². The number of carbonyl (C=O) groups excluding carboxylic acids is 1. The molecule has 0 radical (unpaired) electrons. The number of rotatable bonds is 3. The number of benzene rings is 1. The Morgan fingerprint density at radius 1 is 1.11 bits per heavy atom. The van der Waals surface area contributed by atoms with Crippen molar-refractivity contribution in [1.29, 1.82) is 0 Å². The Balaban J connectivity index is 1.99. The molecule has 0 bridgehead atoms. The van der Waals surface area contributed by atoms with Gasteiger partial charge in [0.2, 0.25) is 0 Å². The van der Waals surface area contributed by atoms with E-state index < -0.39 is 0 Å². The van der Waals surface area contributed by atoms with Gasteiger partial charge in [-0.2, -0.15) is 0 Å². The number of nitrogens with one attached hydrogen (secondary N) is 1. The van der Waals surface area contributed by atoms with Crippen LogP contribution < -0.4 is 5.32 Å². The van der Waals surface area contributed by atoms with Crippen LogP contribution in [-0.2, 0) is 6.54 Å². The molecule has 18 heavy (non-hydrogen) atoms. The second-order valence-electron chi connectivity index (χ2n) is 4.51. The molecule has 1 amide bonds. The molecule has 0 atom stereocenters. The molecule has 0 spiro atoms. The van der Waals surface area contributed by atoms with Gasteiger partial charge in [-0.25, -0.2) is 0 Å². The standard InChI is InChI=1S/C15H17NOS/c1-10-4-6-13(8-11(10)2)9-16-15(17)14-7-5-12(3)18-14/h4-8H,9H2,1-3H3,(H,16,17). The zero-order valence-electron chi connectivity index (χ0n) is 10.9. The van der Waals surface area contributed by atoms with Crippen LogP contribution in [0.5, 0.6) is 0 Å². The lowest BCUT2D eigenvalue weighted by Gasteiger charge is -2.06. The molecule has 2 nitrogen and oxygen atoms in total. The highest BCUT2D eigenvalue weighted by Crippen LogP contribution is 2.15. The fourth-order valence-corrected chi connectivity index (χ4v) is 2.52. The topological polar surface area (TPSA) is 29.1 Å². The van der Waals surface area contributed by atoms with Crippen LogP contribution in [0.25, 0.3) is 0 Å². The van der Waals surface area contributed by atoms with Crippen LogP contribution >= 0.6 is 11.3 Å². The summed E-state index contributed by atoms with van der Waals surface area (Å²) >= 11 is 1.52. The normalized spacial score (nSPS) is 10.4. The molecule has 0 aliphatic rings. The highest BCUT2D eigenvalue weighted by Gasteiger charge is 2.07. The second-order valence-corrected chi connectivity index (χ2v) is 5.80. The van der Waals surface area contributed by atoms with E-state index in [1.807, 2.05) is 19.1 Å². The average Bonchev–Trinajstić information content (AvgIpc) is 2.77. The van der Waals surface area contributed by atoms with Gasteiger partial charge in [-0.1, -0.05) is 18.2 Å². The third kappa shape index (κ3) is 2.99. The number of amides is 1. The largest absolute Gasteiger partial charge is 0.347 e. The molecule has 0 saturated carbocycles. The van der Waals surface area contributed by atoms with Crippen molar-refractivity contribution in [2.75, 3.05) is 0 Å². The molecule has 0 saturated heterocycles. The number of hydrogen-bond acceptors (Lipinski definition) is 2. The van der Waals surface area contributed by atoms with Gasteiger partial charge in [0.1, 0.15) is 0 Å². The minimum atomic E-state index is 0.00586. The summed E-state index contributed by atoms with van der Waals surface area (Å²) in [5.74, 6) is 0.00586. The first-order valence-electron chi connectivity index (χ1n) is 5.97. The number of aryl methyl sites for hydroxylation is 3. The first-order valence-corrected chi connectivity index (χ1v) is 6.78. The number of thiophene rings is 1. The third-order valence-electron chi connectivity index (χ3n) is 2.99. The molecule has 0 unspecified atom stereocenters. The highest BCUT2D eigenvalue weighted by molar-refractivity contribution is 7.13. The molecule has 2 rings (SSSR count). The van der Waals surface area contributed by atoms with Crippen LogP contribution in [0.1, 0.15) is 31.2 Å². The minimum absolute atomic E-state index is 0.00586. The van der Waals surface area contributed by atoms with Crippen LogP contribution in [-0.4, -0.2) is 5.91 Å². The van der Waals surface area contributed by atoms with Crippen molar-refractivity contribution in [2.24, 2.45) is 0 Å². The Bertz CT molecular complexity index is 572. The Kier molecular flexibility index (Phi) is 3.82. The van der Waals surface area contributed by atoms with Crippen molar-refractivity contribution in [3.8, 4) is 0 Å². The van der Waals surface area contributed by atoms with Gasteiger partial charge in [-0.15, -0.1) is 11.3 Å². The molecular formula is C15H17NOS. The second kappa shape index (κ2) is 5.36. The summed E-state index contributed by atoms with van der Waals surface area (Å²) in [5.41, 5.74) is 3.67. The van der Waals surface area contributed by atoms with E-state index >= 15 is 0 Å². The van der Waals surface area contributed by atoms with Crippen molar-refractivity contribution < 1.29 is 4.79 Å². The molecule has 0 aliphatic carbocycles. The van der Waals surface area contributed by atoms with E-state index in [1.165, 1.54) is 22.5 Å². The van der Waals surface area contributed by atoms with Crippen molar-refractivity contribution in [3.05, 3.63) is 56.8 Å². The molecule has 1 aromatic carbocycles. The van der Waals surface area contributed by atoms with Crippen LogP contribution in [0.2, 0.25) is 0 Å². The molecule has 1 N–H and O–H groups in total. The van der Waals surface area contributed by atoms with E-state index in [0.717, 1.165) is 15.3 Å². The molecular weight excluding hydrogens is 242 g/mol. The van der Waals surface area contributed by atoms with Crippen molar-refractivity contribution in [3.63, 3.8) is 0 Å². The smallest absolute Gasteiger partial charge is 0.261 e. The predicted molar refractivity (Wildman–Crippen MR) is 76.1 cm³/mol. The van der Waals surface area contributed by atoms with Crippen molar-refractivity contribution in [2.45, 2.75) is 27.3 Å². The summed E-state index contributed by atoms with van der Waals surface area (Å²) in [7, 11) is 0. The zero-order chi connectivity index (χ0) is 13.1. The Hall–Kier alpha value is -1.61. The first kappa shape index (κ1) is 12.8. The van der Waals surface area contributed by atoms with E-state index in [4.69, 9.17) is 0 Å². The summed E-state index contributed by atoms with van der Waals surface area (Å²) in [6.07, 6.45) is 0. The van der Waals surface area contributed by atoms with Crippen molar-refractivity contribution >= 4 is 17.2 Å². The van der Waals surface area contributed by atoms with Gasteiger partial charge < -0.3 is 5.32 Å². The molecule has 3 heteroatoms. The van der Waals surface area contributed by atoms with Crippen LogP contribution in [0.4, 0.5) is 0 Å². The maximum Gasteiger partial charge on any atom is 0.261 e. The summed E-state index contributed by atoms with van der Waals surface area (Å²) in [6, 6.07) is 10.1. The predicted octanol–water partition coefficient (Wildman–Crippen LogP) is 3.60. The maximum absolute atomic E-state index is 11.9. The summed E-state index contributed by atoms with van der Waals surface area (Å²) in [6.45, 7) is 6.76. The van der Waals surface area contributed by atoms with Gasteiger partial charge >= 0.3 is 0 Å². The van der Waals surface area contributed by atoms with Gasteiger partial charge in [0.05, 0.1) is 4.88 Å². The molecule has 0 aliphatic heterocycles. The lowest BCUT2D eigenvalue weighted by Crippen LogP contribution is -2.21. The quantitative estimate of drug-likeness (QED) is 0.896. The molecule has 2 aromatic rings. The SMILES string of the molecule is Cc1ccc(C(=O)NCc2ccc(C)c(C)c2)s1. The molecule has 1 heterocycles. The fourth-order valence-electron chi connectivity index (χ4n) is 1.74. The molecule has 0 fully saturated rings. The van der Waals surface area contributed by atoms with E-state index in [9.17, 15) is 4.79 Å². The summed E-state index contributed by atoms with van der Waals surface area (Å²) in [5, 5.41) is 2.95. The highest BCUT2D eigenvalue weighted by atomic mass is 32.1. The fraction of sp³-hybridized carbons (Fsp3) is 0.267. The number of hydrogen-bond donors (Lipinski definition) is 1. The van der Waals surface area contributed by atoms with Gasteiger partial charge in [-0.3, -0.25) is 4.79 Å². The monoisotopic (exact) mass is 259 g/mol. The van der Waals surface area contributed by atoms with Crippen LogP contribution in [0.3, 0.4) is 0 Å². The lowest BCUT2D eigenvalue weighted by molar-refractivity contribution is 0.0955. The van der Waals surface area contributed by atoms with Gasteiger partial charge in [-0.05, 0) is 49.6 Å². The van der Waals surface area contributed by atoms with Crippen LogP contribution in [0.15, 0.2) is 30.3 Å². The lowest BCUT2D eigenvalue weighted by atomic mass is 10.1. The molecule has 94 valence electrons. The Labute approximate surface area is 112 Å². The molecule has 1 aromatic heterocycles. The Morgan fingerprint density at radius 2 is 1.89 bits per heavy atom. The van der Waals surface area contributed by atoms with E-state index in [0.29, 0.717) is 6.54 Å². The third-order valence-corrected chi connectivity index (χ3v) is 3.99. The average molecular weight is 259 g/mol. The zero-order valence-corrected chi connectivity index (χ0v) is 11.7. The first-order chi connectivity index (χ1) is 8.56. The maximum atomic E-state index is 11.9. The summed E-state index contributed by atoms with van der Waals surface area (Å²) < 4.78 is 0.